The van der Waals surface area contributed by atoms with Crippen LogP contribution in [0.15, 0.2) is 18.2 Å². The first-order valence-electron chi connectivity index (χ1n) is 9.99. The van der Waals surface area contributed by atoms with Crippen LogP contribution in [0, 0.1) is 0 Å². The summed E-state index contributed by atoms with van der Waals surface area (Å²) in [7, 11) is 0. The Kier molecular flexibility index (Phi) is 11.2. The number of hydrogen-bond donors (Lipinski definition) is 1. The van der Waals surface area contributed by atoms with E-state index >= 15 is 0 Å². The van der Waals surface area contributed by atoms with Crippen LogP contribution >= 0.6 is 0 Å². The highest BCUT2D eigenvalue weighted by Gasteiger charge is 2.21. The number of nitrogens with zero attached hydrogens (tertiary/aromatic N) is 1. The van der Waals surface area contributed by atoms with E-state index in [-0.39, 0.29) is 19.1 Å². The molecule has 6 nitrogen and oxygen atoms in total. The highest BCUT2D eigenvalue weighted by atomic mass is 16.5. The molecule has 0 unspecified atom stereocenters. The van der Waals surface area contributed by atoms with Gasteiger partial charge in [0.25, 0.3) is 5.91 Å². The Morgan fingerprint density at radius 2 is 1.74 bits per heavy atom. The minimum atomic E-state index is -0.466. The molecular weight excluding hydrogens is 344 g/mol. The third kappa shape index (κ3) is 7.99. The molecule has 2 N–H and O–H groups in total. The Bertz CT molecular complexity index is 590. The molecule has 0 fully saturated rings. The van der Waals surface area contributed by atoms with Gasteiger partial charge in [-0.05, 0) is 38.5 Å². The summed E-state index contributed by atoms with van der Waals surface area (Å²) in [6, 6.07) is 4.85. The van der Waals surface area contributed by atoms with E-state index in [1.807, 2.05) is 6.92 Å². The first-order valence-corrected chi connectivity index (χ1v) is 9.99. The second-order valence-electron chi connectivity index (χ2n) is 6.46. The molecule has 1 aromatic carbocycles. The van der Waals surface area contributed by atoms with Crippen molar-refractivity contribution < 1.29 is 19.1 Å². The predicted octanol–water partition coefficient (Wildman–Crippen LogP) is 4.18. The van der Waals surface area contributed by atoms with Gasteiger partial charge in [-0.1, -0.05) is 39.0 Å². The number of nitrogens with two attached hydrogens (primary N) is 1. The molecule has 6 heteroatoms. The number of unbranched alkanes of at least 4 members (excludes halogenated alkanes) is 5. The zero-order valence-corrected chi connectivity index (χ0v) is 17.0. The van der Waals surface area contributed by atoms with E-state index < -0.39 is 5.97 Å². The fraction of sp³-hybridized carbons (Fsp3) is 0.619. The van der Waals surface area contributed by atoms with Gasteiger partial charge in [0.2, 0.25) is 0 Å². The largest absolute Gasteiger partial charge is 0.462 e. The van der Waals surface area contributed by atoms with Gasteiger partial charge in [0, 0.05) is 18.8 Å². The van der Waals surface area contributed by atoms with Crippen molar-refractivity contribution in [3.05, 3.63) is 23.8 Å². The summed E-state index contributed by atoms with van der Waals surface area (Å²) in [5, 5.41) is 0. The van der Waals surface area contributed by atoms with Gasteiger partial charge in [-0.15, -0.1) is 0 Å². The summed E-state index contributed by atoms with van der Waals surface area (Å²) in [6.07, 6.45) is 7.04. The third-order valence-corrected chi connectivity index (χ3v) is 4.29. The zero-order valence-electron chi connectivity index (χ0n) is 17.0. The molecular formula is C21H34N2O4. The normalized spacial score (nSPS) is 10.6. The van der Waals surface area contributed by atoms with Gasteiger partial charge in [0.1, 0.15) is 6.61 Å². The summed E-state index contributed by atoms with van der Waals surface area (Å²) < 4.78 is 10.6. The van der Waals surface area contributed by atoms with Crippen molar-refractivity contribution in [3.63, 3.8) is 0 Å². The van der Waals surface area contributed by atoms with Gasteiger partial charge in [-0.25, -0.2) is 4.79 Å². The van der Waals surface area contributed by atoms with Crippen molar-refractivity contribution in [2.45, 2.75) is 59.3 Å². The first-order chi connectivity index (χ1) is 13.0. The predicted molar refractivity (Wildman–Crippen MR) is 109 cm³/mol. The summed E-state index contributed by atoms with van der Waals surface area (Å²) in [6.45, 7) is 7.02. The highest BCUT2D eigenvalue weighted by Crippen LogP contribution is 2.25. The number of carbonyl (C=O) groups is 2. The highest BCUT2D eigenvalue weighted by molar-refractivity contribution is 6.03. The number of carbonyl (C=O) groups excluding carboxylic acids is 2. The van der Waals surface area contributed by atoms with Crippen LogP contribution in [0.5, 0.6) is 0 Å². The van der Waals surface area contributed by atoms with Crippen molar-refractivity contribution >= 4 is 23.3 Å². The van der Waals surface area contributed by atoms with Gasteiger partial charge < -0.3 is 20.1 Å². The van der Waals surface area contributed by atoms with E-state index in [1.54, 1.807) is 25.1 Å². The number of anilines is 2. The number of esters is 1. The average Bonchev–Trinajstić information content (AvgIpc) is 2.65. The van der Waals surface area contributed by atoms with E-state index in [2.05, 4.69) is 6.92 Å². The Hall–Kier alpha value is -2.08. The van der Waals surface area contributed by atoms with Crippen LogP contribution in [0.3, 0.4) is 0 Å². The SMILES string of the molecule is CCCCCCCCOCC(=O)N(CC)c1cc(N)ccc1C(=O)OCC. The van der Waals surface area contributed by atoms with Crippen LogP contribution in [0.2, 0.25) is 0 Å². The van der Waals surface area contributed by atoms with Crippen molar-refractivity contribution in [2.75, 3.05) is 37.0 Å². The van der Waals surface area contributed by atoms with E-state index in [0.717, 1.165) is 12.8 Å². The van der Waals surface area contributed by atoms with Crippen LogP contribution < -0.4 is 10.6 Å². The van der Waals surface area contributed by atoms with Crippen molar-refractivity contribution in [1.29, 1.82) is 0 Å². The molecule has 0 saturated carbocycles. The zero-order chi connectivity index (χ0) is 20.1. The maximum Gasteiger partial charge on any atom is 0.340 e. The lowest BCUT2D eigenvalue weighted by Gasteiger charge is -2.23. The first kappa shape index (κ1) is 23.0. The molecule has 0 aliphatic rings. The fourth-order valence-electron chi connectivity index (χ4n) is 2.86. The smallest absolute Gasteiger partial charge is 0.340 e. The van der Waals surface area contributed by atoms with E-state index in [9.17, 15) is 9.59 Å². The topological polar surface area (TPSA) is 81.9 Å². The summed E-state index contributed by atoms with van der Waals surface area (Å²) in [5.74, 6) is -0.661. The van der Waals surface area contributed by atoms with Gasteiger partial charge in [0.05, 0.1) is 17.9 Å². The molecule has 1 rings (SSSR count). The van der Waals surface area contributed by atoms with E-state index in [4.69, 9.17) is 15.2 Å². The minimum Gasteiger partial charge on any atom is -0.462 e. The molecule has 0 aromatic heterocycles. The molecule has 1 aromatic rings. The van der Waals surface area contributed by atoms with Gasteiger partial charge in [-0.3, -0.25) is 4.79 Å². The quantitative estimate of drug-likeness (QED) is 0.316. The van der Waals surface area contributed by atoms with Crippen molar-refractivity contribution in [1.82, 2.24) is 0 Å². The Morgan fingerprint density at radius 3 is 2.41 bits per heavy atom. The molecule has 152 valence electrons. The molecule has 0 radical (unpaired) electrons. The van der Waals surface area contributed by atoms with Gasteiger partial charge >= 0.3 is 5.97 Å². The number of nitrogen functional groups attached to an aromatic ring is 1. The van der Waals surface area contributed by atoms with Gasteiger partial charge in [-0.2, -0.15) is 0 Å². The second-order valence-corrected chi connectivity index (χ2v) is 6.46. The number of likely N-dealkylation sites (N-methyl/N-ethyl adjacent to an activating group) is 1. The van der Waals surface area contributed by atoms with Crippen LogP contribution in [0.1, 0.15) is 69.7 Å². The lowest BCUT2D eigenvalue weighted by Crippen LogP contribution is -2.35. The standard InChI is InChI=1S/C21H34N2O4/c1-4-7-8-9-10-11-14-26-16-20(24)23(5-2)19-15-17(22)12-13-18(19)21(25)27-6-3/h12-13,15H,4-11,14,16,22H2,1-3H3. The Morgan fingerprint density at radius 1 is 1.04 bits per heavy atom. The molecule has 0 aliphatic carbocycles. The number of rotatable bonds is 13. The summed E-state index contributed by atoms with van der Waals surface area (Å²) >= 11 is 0. The monoisotopic (exact) mass is 378 g/mol. The van der Waals surface area contributed by atoms with Crippen LogP contribution in [-0.4, -0.2) is 38.2 Å². The Labute approximate surface area is 163 Å². The lowest BCUT2D eigenvalue weighted by molar-refractivity contribution is -0.123. The molecule has 0 spiro atoms. The summed E-state index contributed by atoms with van der Waals surface area (Å²) in [4.78, 5) is 26.3. The van der Waals surface area contributed by atoms with E-state index in [0.29, 0.717) is 30.1 Å². The molecule has 27 heavy (non-hydrogen) atoms. The van der Waals surface area contributed by atoms with Crippen LogP contribution in [0.4, 0.5) is 11.4 Å². The number of amides is 1. The Balaban J connectivity index is 2.62. The number of benzene rings is 1. The number of hydrogen-bond acceptors (Lipinski definition) is 5. The molecule has 1 amide bonds. The minimum absolute atomic E-state index is 0.0140. The van der Waals surface area contributed by atoms with Crippen LogP contribution in [-0.2, 0) is 14.3 Å². The maximum atomic E-state index is 12.6. The molecule has 0 aliphatic heterocycles. The lowest BCUT2D eigenvalue weighted by atomic mass is 10.1. The molecule has 0 bridgehead atoms. The third-order valence-electron chi connectivity index (χ3n) is 4.29. The molecule has 0 atom stereocenters. The maximum absolute atomic E-state index is 12.6. The van der Waals surface area contributed by atoms with Gasteiger partial charge in [0.15, 0.2) is 0 Å². The average molecular weight is 379 g/mol. The fourth-order valence-corrected chi connectivity index (χ4v) is 2.86. The molecule has 0 saturated heterocycles. The number of ether oxygens (including phenoxy) is 2. The van der Waals surface area contributed by atoms with Crippen molar-refractivity contribution in [3.8, 4) is 0 Å². The second kappa shape index (κ2) is 13.1. The summed E-state index contributed by atoms with van der Waals surface area (Å²) in [5.41, 5.74) is 7.14. The molecule has 0 heterocycles. The van der Waals surface area contributed by atoms with Crippen LogP contribution in [0.25, 0.3) is 0 Å². The van der Waals surface area contributed by atoms with Crippen molar-refractivity contribution in [2.24, 2.45) is 0 Å². The van der Waals surface area contributed by atoms with E-state index in [1.165, 1.54) is 30.6 Å².